The molecule has 0 fully saturated rings. The first kappa shape index (κ1) is 13.4. The van der Waals surface area contributed by atoms with Gasteiger partial charge in [-0.3, -0.25) is 4.79 Å². The van der Waals surface area contributed by atoms with Gasteiger partial charge in [0.2, 0.25) is 0 Å². The maximum Gasteiger partial charge on any atom is 0.414 e. The topological polar surface area (TPSA) is 37.3 Å². The number of ketones is 1. The van der Waals surface area contributed by atoms with Gasteiger partial charge < -0.3 is 5.11 Å². The Morgan fingerprint density at radius 1 is 1.29 bits per heavy atom. The molecule has 2 nitrogen and oxygen atoms in total. The Balaban J connectivity index is 2.54. The van der Waals surface area contributed by atoms with Crippen molar-refractivity contribution >= 4 is 11.9 Å². The van der Waals surface area contributed by atoms with Gasteiger partial charge in [-0.25, -0.2) is 0 Å². The molecule has 1 rings (SSSR count). The van der Waals surface area contributed by atoms with Crippen LogP contribution in [0.4, 0.5) is 13.2 Å². The van der Waals surface area contributed by atoms with Gasteiger partial charge in [0.25, 0.3) is 0 Å². The zero-order chi connectivity index (χ0) is 12.9. The second-order valence-electron chi connectivity index (χ2n) is 3.47. The number of aliphatic hydroxyl groups excluding tert-OH is 1. The molecule has 0 aliphatic rings. The lowest BCUT2D eigenvalue weighted by atomic mass is 10.1. The number of hydrogen-bond donors (Lipinski definition) is 1. The molecule has 0 amide bonds. The minimum atomic E-state index is -4.75. The fourth-order valence-corrected chi connectivity index (χ4v) is 1.13. The van der Waals surface area contributed by atoms with Crippen LogP contribution in [0.1, 0.15) is 12.0 Å². The van der Waals surface area contributed by atoms with Crippen molar-refractivity contribution in [2.24, 2.45) is 0 Å². The van der Waals surface area contributed by atoms with Crippen molar-refractivity contribution in [3.05, 3.63) is 42.0 Å². The maximum absolute atomic E-state index is 11.9. The largest absolute Gasteiger partial charge is 0.414 e. The van der Waals surface area contributed by atoms with E-state index >= 15 is 0 Å². The number of carbonyl (C=O) groups excluding carboxylic acids is 1. The van der Waals surface area contributed by atoms with Crippen molar-refractivity contribution in [2.75, 3.05) is 0 Å². The van der Waals surface area contributed by atoms with Crippen molar-refractivity contribution < 1.29 is 23.1 Å². The van der Waals surface area contributed by atoms with E-state index in [1.807, 2.05) is 0 Å². The van der Waals surface area contributed by atoms with E-state index in [-0.39, 0.29) is 0 Å². The van der Waals surface area contributed by atoms with Crippen LogP contribution in [0.3, 0.4) is 0 Å². The average molecular weight is 244 g/mol. The highest BCUT2D eigenvalue weighted by Crippen LogP contribution is 2.22. The van der Waals surface area contributed by atoms with Gasteiger partial charge in [0.05, 0.1) is 0 Å². The number of aliphatic hydroxyl groups is 1. The number of halogens is 3. The zero-order valence-corrected chi connectivity index (χ0v) is 8.82. The van der Waals surface area contributed by atoms with Crippen LogP contribution >= 0.6 is 0 Å². The Kier molecular flexibility index (Phi) is 4.45. The highest BCUT2D eigenvalue weighted by atomic mass is 19.4. The van der Waals surface area contributed by atoms with Crippen molar-refractivity contribution in [2.45, 2.75) is 18.7 Å². The number of hydrogen-bond acceptors (Lipinski definition) is 2. The van der Waals surface area contributed by atoms with Crippen molar-refractivity contribution in [1.29, 1.82) is 0 Å². The summed E-state index contributed by atoms with van der Waals surface area (Å²) in [6, 6.07) is 8.70. The van der Waals surface area contributed by atoms with E-state index in [2.05, 4.69) is 0 Å². The third-order valence-electron chi connectivity index (χ3n) is 2.03. The molecule has 17 heavy (non-hydrogen) atoms. The highest BCUT2D eigenvalue weighted by Gasteiger charge is 2.38. The lowest BCUT2D eigenvalue weighted by Crippen LogP contribution is -2.30. The SMILES string of the molecule is O=C(C=Cc1ccccc1)CC(O)C(F)(F)F. The quantitative estimate of drug-likeness (QED) is 0.826. The van der Waals surface area contributed by atoms with Gasteiger partial charge in [-0.1, -0.05) is 36.4 Å². The predicted octanol–water partition coefficient (Wildman–Crippen LogP) is 2.58. The Morgan fingerprint density at radius 2 is 1.88 bits per heavy atom. The molecule has 5 heteroatoms. The van der Waals surface area contributed by atoms with Crippen molar-refractivity contribution in [3.8, 4) is 0 Å². The second kappa shape index (κ2) is 5.63. The van der Waals surface area contributed by atoms with E-state index in [0.717, 1.165) is 6.08 Å². The van der Waals surface area contributed by atoms with Crippen LogP contribution in [0.25, 0.3) is 6.08 Å². The van der Waals surface area contributed by atoms with Crippen molar-refractivity contribution in [1.82, 2.24) is 0 Å². The summed E-state index contributed by atoms with van der Waals surface area (Å²) in [6.07, 6.45) is -5.87. The molecule has 0 aliphatic carbocycles. The molecule has 0 bridgehead atoms. The smallest absolute Gasteiger partial charge is 0.383 e. The number of benzene rings is 1. The molecule has 1 aromatic carbocycles. The molecule has 92 valence electrons. The summed E-state index contributed by atoms with van der Waals surface area (Å²) < 4.78 is 35.8. The first-order valence-corrected chi connectivity index (χ1v) is 4.90. The normalized spacial score (nSPS) is 13.9. The average Bonchev–Trinajstić information content (AvgIpc) is 2.26. The molecule has 0 aliphatic heterocycles. The van der Waals surface area contributed by atoms with E-state index in [0.29, 0.717) is 5.56 Å². The summed E-state index contributed by atoms with van der Waals surface area (Å²) in [5.74, 6) is -0.765. The van der Waals surface area contributed by atoms with Gasteiger partial charge in [0.15, 0.2) is 11.9 Å². The third kappa shape index (κ3) is 4.82. The number of rotatable bonds is 4. The first-order chi connectivity index (χ1) is 7.89. The molecular formula is C12H11F3O2. The molecule has 1 unspecified atom stereocenters. The highest BCUT2D eigenvalue weighted by molar-refractivity contribution is 5.93. The Hall–Kier alpha value is -1.62. The summed E-state index contributed by atoms with van der Waals surface area (Å²) in [7, 11) is 0. The standard InChI is InChI=1S/C12H11F3O2/c13-12(14,15)11(17)8-10(16)7-6-9-4-2-1-3-5-9/h1-7,11,17H,8H2. The van der Waals surface area contributed by atoms with Crippen molar-refractivity contribution in [3.63, 3.8) is 0 Å². The van der Waals surface area contributed by atoms with Gasteiger partial charge in [-0.15, -0.1) is 0 Å². The van der Waals surface area contributed by atoms with Crippen LogP contribution in [-0.4, -0.2) is 23.2 Å². The molecule has 0 saturated heterocycles. The Bertz CT molecular complexity index is 396. The summed E-state index contributed by atoms with van der Waals surface area (Å²) in [5.41, 5.74) is 0.711. The van der Waals surface area contributed by atoms with Gasteiger partial charge in [-0.05, 0) is 11.6 Å². The number of carbonyl (C=O) groups is 1. The third-order valence-corrected chi connectivity index (χ3v) is 2.03. The fraction of sp³-hybridized carbons (Fsp3) is 0.250. The summed E-state index contributed by atoms with van der Waals surface area (Å²) >= 11 is 0. The van der Waals surface area contributed by atoms with E-state index in [1.54, 1.807) is 30.3 Å². The first-order valence-electron chi connectivity index (χ1n) is 4.90. The molecule has 0 spiro atoms. The maximum atomic E-state index is 11.9. The summed E-state index contributed by atoms with van der Waals surface area (Å²) in [4.78, 5) is 11.1. The molecule has 0 heterocycles. The summed E-state index contributed by atoms with van der Waals surface area (Å²) in [6.45, 7) is 0. The Labute approximate surface area is 96.4 Å². The summed E-state index contributed by atoms with van der Waals surface area (Å²) in [5, 5.41) is 8.67. The van der Waals surface area contributed by atoms with Crippen LogP contribution in [0.2, 0.25) is 0 Å². The van der Waals surface area contributed by atoms with Gasteiger partial charge in [-0.2, -0.15) is 13.2 Å². The minimum absolute atomic E-state index is 0.711. The predicted molar refractivity (Wildman–Crippen MR) is 57.2 cm³/mol. The lowest BCUT2D eigenvalue weighted by molar-refractivity contribution is -0.205. The molecule has 1 N–H and O–H groups in total. The second-order valence-corrected chi connectivity index (χ2v) is 3.47. The van der Waals surface area contributed by atoms with Gasteiger partial charge in [0.1, 0.15) is 0 Å². The van der Waals surface area contributed by atoms with Crippen LogP contribution < -0.4 is 0 Å². The molecule has 1 aromatic rings. The van der Waals surface area contributed by atoms with E-state index in [1.165, 1.54) is 6.08 Å². The fourth-order valence-electron chi connectivity index (χ4n) is 1.13. The molecule has 1 atom stereocenters. The van der Waals surface area contributed by atoms with E-state index in [9.17, 15) is 18.0 Å². The molecule has 0 saturated carbocycles. The monoisotopic (exact) mass is 244 g/mol. The molecule has 0 radical (unpaired) electrons. The minimum Gasteiger partial charge on any atom is -0.383 e. The lowest BCUT2D eigenvalue weighted by Gasteiger charge is -2.12. The van der Waals surface area contributed by atoms with Crippen LogP contribution in [-0.2, 0) is 4.79 Å². The van der Waals surface area contributed by atoms with Crippen LogP contribution in [0, 0.1) is 0 Å². The van der Waals surface area contributed by atoms with Crippen LogP contribution in [0.15, 0.2) is 36.4 Å². The zero-order valence-electron chi connectivity index (χ0n) is 8.82. The molecule has 0 aromatic heterocycles. The number of alkyl halides is 3. The van der Waals surface area contributed by atoms with E-state index in [4.69, 9.17) is 5.11 Å². The van der Waals surface area contributed by atoms with Gasteiger partial charge in [0, 0.05) is 6.42 Å². The van der Waals surface area contributed by atoms with E-state index < -0.39 is 24.5 Å². The Morgan fingerprint density at radius 3 is 2.41 bits per heavy atom. The molecular weight excluding hydrogens is 233 g/mol. The van der Waals surface area contributed by atoms with Crippen LogP contribution in [0.5, 0.6) is 0 Å². The number of allylic oxidation sites excluding steroid dienone is 1. The van der Waals surface area contributed by atoms with Gasteiger partial charge >= 0.3 is 6.18 Å².